The molecular weight excluding hydrogens is 312 g/mol. The molecule has 1 aromatic carbocycles. The number of nitrogens with one attached hydrogen (secondary N) is 1. The quantitative estimate of drug-likeness (QED) is 0.865. The van der Waals surface area contributed by atoms with Gasteiger partial charge in [-0.2, -0.15) is 0 Å². The Kier molecular flexibility index (Phi) is 8.42. The summed E-state index contributed by atoms with van der Waals surface area (Å²) < 4.78 is 5.79. The SMILES string of the molecule is CNCC1CCCN(C(=O)CCOc2cccc(C)c2C)C1.Cl. The van der Waals surface area contributed by atoms with Crippen LogP contribution in [0.25, 0.3) is 0 Å². The highest BCUT2D eigenvalue weighted by Crippen LogP contribution is 2.21. The molecule has 1 aliphatic rings. The molecule has 130 valence electrons. The third-order valence-electron chi connectivity index (χ3n) is 4.49. The van der Waals surface area contributed by atoms with Crippen molar-refractivity contribution in [2.75, 3.05) is 33.3 Å². The topological polar surface area (TPSA) is 41.6 Å². The predicted molar refractivity (Wildman–Crippen MR) is 96.5 cm³/mol. The number of carbonyl (C=O) groups excluding carboxylic acids is 1. The van der Waals surface area contributed by atoms with E-state index in [9.17, 15) is 4.79 Å². The third-order valence-corrected chi connectivity index (χ3v) is 4.49. The van der Waals surface area contributed by atoms with Crippen LogP contribution in [0.5, 0.6) is 5.75 Å². The fraction of sp³-hybridized carbons (Fsp3) is 0.611. The van der Waals surface area contributed by atoms with E-state index in [0.29, 0.717) is 18.9 Å². The van der Waals surface area contributed by atoms with Crippen LogP contribution < -0.4 is 10.1 Å². The van der Waals surface area contributed by atoms with E-state index in [1.807, 2.05) is 24.1 Å². The number of piperidine rings is 1. The Morgan fingerprint density at radius 2 is 2.17 bits per heavy atom. The van der Waals surface area contributed by atoms with Gasteiger partial charge >= 0.3 is 0 Å². The fourth-order valence-electron chi connectivity index (χ4n) is 3.03. The van der Waals surface area contributed by atoms with Gasteiger partial charge in [0.15, 0.2) is 0 Å². The largest absolute Gasteiger partial charge is 0.493 e. The molecule has 2 rings (SSSR count). The van der Waals surface area contributed by atoms with Crippen molar-refractivity contribution in [1.29, 1.82) is 0 Å². The van der Waals surface area contributed by atoms with Crippen molar-refractivity contribution in [1.82, 2.24) is 10.2 Å². The molecule has 1 N–H and O–H groups in total. The molecule has 4 nitrogen and oxygen atoms in total. The van der Waals surface area contributed by atoms with Crippen LogP contribution in [0.2, 0.25) is 0 Å². The van der Waals surface area contributed by atoms with Crippen molar-refractivity contribution in [3.63, 3.8) is 0 Å². The normalized spacial score (nSPS) is 17.5. The maximum Gasteiger partial charge on any atom is 0.226 e. The molecule has 1 aliphatic heterocycles. The van der Waals surface area contributed by atoms with Gasteiger partial charge in [-0.15, -0.1) is 12.4 Å². The zero-order chi connectivity index (χ0) is 15.9. The van der Waals surface area contributed by atoms with Gasteiger partial charge < -0.3 is 15.0 Å². The number of rotatable bonds is 6. The summed E-state index contributed by atoms with van der Waals surface area (Å²) in [5, 5.41) is 3.21. The number of likely N-dealkylation sites (tertiary alicyclic amines) is 1. The van der Waals surface area contributed by atoms with Crippen LogP contribution in [0.15, 0.2) is 18.2 Å². The van der Waals surface area contributed by atoms with Crippen LogP contribution in [0, 0.1) is 19.8 Å². The molecule has 1 unspecified atom stereocenters. The predicted octanol–water partition coefficient (Wildman–Crippen LogP) is 2.95. The van der Waals surface area contributed by atoms with Crippen LogP contribution in [-0.4, -0.2) is 44.1 Å². The maximum atomic E-state index is 12.3. The Morgan fingerprint density at radius 3 is 2.91 bits per heavy atom. The van der Waals surface area contributed by atoms with Crippen molar-refractivity contribution in [2.24, 2.45) is 5.92 Å². The van der Waals surface area contributed by atoms with Gasteiger partial charge in [0.2, 0.25) is 5.91 Å². The number of carbonyl (C=O) groups is 1. The van der Waals surface area contributed by atoms with Crippen molar-refractivity contribution >= 4 is 18.3 Å². The number of hydrogen-bond acceptors (Lipinski definition) is 3. The molecule has 0 spiro atoms. The van der Waals surface area contributed by atoms with Crippen LogP contribution in [0.4, 0.5) is 0 Å². The standard InChI is InChI=1S/C18H28N2O2.ClH/c1-14-6-4-8-17(15(14)2)22-11-9-18(21)20-10-5-7-16(13-20)12-19-3;/h4,6,8,16,19H,5,7,9-13H2,1-3H3;1H. The van der Waals surface area contributed by atoms with E-state index in [2.05, 4.69) is 25.2 Å². The van der Waals surface area contributed by atoms with Crippen molar-refractivity contribution < 1.29 is 9.53 Å². The Morgan fingerprint density at radius 1 is 1.39 bits per heavy atom. The highest BCUT2D eigenvalue weighted by molar-refractivity contribution is 5.85. The second-order valence-corrected chi connectivity index (χ2v) is 6.20. The van der Waals surface area contributed by atoms with E-state index in [0.717, 1.165) is 37.4 Å². The molecule has 1 atom stereocenters. The number of halogens is 1. The van der Waals surface area contributed by atoms with E-state index in [-0.39, 0.29) is 18.3 Å². The Hall–Kier alpha value is -1.26. The summed E-state index contributed by atoms with van der Waals surface area (Å²) in [7, 11) is 1.97. The molecule has 1 fully saturated rings. The summed E-state index contributed by atoms with van der Waals surface area (Å²) in [4.78, 5) is 14.3. The second kappa shape index (κ2) is 9.78. The van der Waals surface area contributed by atoms with E-state index >= 15 is 0 Å². The smallest absolute Gasteiger partial charge is 0.226 e. The minimum absolute atomic E-state index is 0. The first-order valence-electron chi connectivity index (χ1n) is 8.23. The van der Waals surface area contributed by atoms with Crippen LogP contribution in [-0.2, 0) is 4.79 Å². The number of hydrogen-bond donors (Lipinski definition) is 1. The monoisotopic (exact) mass is 340 g/mol. The van der Waals surface area contributed by atoms with E-state index in [1.54, 1.807) is 0 Å². The summed E-state index contributed by atoms with van der Waals surface area (Å²) >= 11 is 0. The average Bonchev–Trinajstić information content (AvgIpc) is 2.52. The zero-order valence-corrected chi connectivity index (χ0v) is 15.2. The third kappa shape index (κ3) is 5.70. The van der Waals surface area contributed by atoms with Crippen LogP contribution in [0.1, 0.15) is 30.4 Å². The Bertz CT molecular complexity index is 506. The van der Waals surface area contributed by atoms with Crippen molar-refractivity contribution in [3.05, 3.63) is 29.3 Å². The minimum Gasteiger partial charge on any atom is -0.493 e. The summed E-state index contributed by atoms with van der Waals surface area (Å²) in [6.07, 6.45) is 2.78. The minimum atomic E-state index is 0. The molecule has 0 aromatic heterocycles. The molecule has 0 bridgehead atoms. The van der Waals surface area contributed by atoms with Crippen molar-refractivity contribution in [3.8, 4) is 5.75 Å². The first-order chi connectivity index (χ1) is 10.6. The maximum absolute atomic E-state index is 12.3. The van der Waals surface area contributed by atoms with Gasteiger partial charge in [-0.25, -0.2) is 0 Å². The molecule has 1 amide bonds. The number of benzene rings is 1. The van der Waals surface area contributed by atoms with Crippen LogP contribution in [0.3, 0.4) is 0 Å². The molecule has 0 aliphatic carbocycles. The summed E-state index contributed by atoms with van der Waals surface area (Å²) in [6, 6.07) is 6.03. The lowest BCUT2D eigenvalue weighted by atomic mass is 9.98. The molecule has 5 heteroatoms. The van der Waals surface area contributed by atoms with Gasteiger partial charge in [-0.1, -0.05) is 12.1 Å². The second-order valence-electron chi connectivity index (χ2n) is 6.20. The number of amides is 1. The lowest BCUT2D eigenvalue weighted by molar-refractivity contribution is -0.133. The van der Waals surface area contributed by atoms with Gasteiger partial charge in [0.25, 0.3) is 0 Å². The Balaban J connectivity index is 0.00000264. The summed E-state index contributed by atoms with van der Waals surface area (Å²) in [6.45, 7) is 7.34. The molecule has 1 heterocycles. The highest BCUT2D eigenvalue weighted by Gasteiger charge is 2.22. The lowest BCUT2D eigenvalue weighted by Gasteiger charge is -2.32. The van der Waals surface area contributed by atoms with Gasteiger partial charge in [0, 0.05) is 13.1 Å². The molecule has 0 radical (unpaired) electrons. The molecular formula is C18H29ClN2O2. The number of ether oxygens (including phenoxy) is 1. The fourth-order valence-corrected chi connectivity index (χ4v) is 3.03. The molecule has 1 aromatic rings. The summed E-state index contributed by atoms with van der Waals surface area (Å²) in [5.41, 5.74) is 2.37. The first kappa shape index (κ1) is 19.8. The van der Waals surface area contributed by atoms with Gasteiger partial charge in [-0.3, -0.25) is 4.79 Å². The van der Waals surface area contributed by atoms with E-state index in [1.165, 1.54) is 12.0 Å². The average molecular weight is 341 g/mol. The Labute approximate surface area is 146 Å². The zero-order valence-electron chi connectivity index (χ0n) is 14.4. The molecule has 0 saturated carbocycles. The lowest BCUT2D eigenvalue weighted by Crippen LogP contribution is -2.42. The summed E-state index contributed by atoms with van der Waals surface area (Å²) in [5.74, 6) is 1.69. The van der Waals surface area contributed by atoms with Crippen molar-refractivity contribution in [2.45, 2.75) is 33.1 Å². The highest BCUT2D eigenvalue weighted by atomic mass is 35.5. The van der Waals surface area contributed by atoms with Crippen LogP contribution >= 0.6 is 12.4 Å². The first-order valence-corrected chi connectivity index (χ1v) is 8.23. The van der Waals surface area contributed by atoms with Gasteiger partial charge in [0.1, 0.15) is 5.75 Å². The van der Waals surface area contributed by atoms with Gasteiger partial charge in [0.05, 0.1) is 13.0 Å². The number of nitrogens with zero attached hydrogens (tertiary/aromatic N) is 1. The van der Waals surface area contributed by atoms with E-state index < -0.39 is 0 Å². The molecule has 23 heavy (non-hydrogen) atoms. The number of aryl methyl sites for hydroxylation is 1. The van der Waals surface area contributed by atoms with E-state index in [4.69, 9.17) is 4.74 Å². The molecule has 1 saturated heterocycles. The van der Waals surface area contributed by atoms with Gasteiger partial charge in [-0.05, 0) is 63.4 Å².